The van der Waals surface area contributed by atoms with Crippen molar-refractivity contribution in [2.24, 2.45) is 0 Å². The molecule has 0 aliphatic carbocycles. The van der Waals surface area contributed by atoms with Gasteiger partial charge in [0.05, 0.1) is 11.6 Å². The highest BCUT2D eigenvalue weighted by molar-refractivity contribution is 5.96. The Morgan fingerprint density at radius 1 is 1.15 bits per heavy atom. The van der Waals surface area contributed by atoms with Gasteiger partial charge >= 0.3 is 0 Å². The van der Waals surface area contributed by atoms with Gasteiger partial charge in [-0.2, -0.15) is 0 Å². The Kier molecular flexibility index (Phi) is 5.14. The molecule has 0 aliphatic heterocycles. The van der Waals surface area contributed by atoms with Crippen LogP contribution in [0.2, 0.25) is 0 Å². The van der Waals surface area contributed by atoms with E-state index in [0.717, 1.165) is 16.8 Å². The maximum Gasteiger partial charge on any atom is 0.231 e. The first-order valence-electron chi connectivity index (χ1n) is 8.31. The summed E-state index contributed by atoms with van der Waals surface area (Å²) in [6.45, 7) is 5.49. The lowest BCUT2D eigenvalue weighted by molar-refractivity contribution is -0.117. The van der Waals surface area contributed by atoms with E-state index in [1.807, 2.05) is 63.2 Å². The van der Waals surface area contributed by atoms with Crippen LogP contribution in [0, 0.1) is 25.7 Å². The fourth-order valence-electron chi connectivity index (χ4n) is 2.74. The largest absolute Gasteiger partial charge is 0.361 e. The molecule has 0 bridgehead atoms. The van der Waals surface area contributed by atoms with E-state index in [0.29, 0.717) is 17.1 Å². The number of hydrogen-bond acceptors (Lipinski definition) is 4. The van der Waals surface area contributed by atoms with Gasteiger partial charge in [-0.15, -0.1) is 0 Å². The SMILES string of the molecule is Cc1noc(C)c1[C@H](C)C(=O)Nc1cccc(C#Cc2ccccn2)c1. The van der Waals surface area contributed by atoms with Crippen LogP contribution in [-0.4, -0.2) is 16.0 Å². The molecule has 0 fully saturated rings. The summed E-state index contributed by atoms with van der Waals surface area (Å²) >= 11 is 0. The monoisotopic (exact) mass is 345 g/mol. The zero-order valence-corrected chi connectivity index (χ0v) is 14.9. The number of anilines is 1. The number of benzene rings is 1. The Balaban J connectivity index is 1.75. The number of aromatic nitrogens is 2. The number of carbonyl (C=O) groups excluding carboxylic acids is 1. The second-order valence-corrected chi connectivity index (χ2v) is 5.99. The van der Waals surface area contributed by atoms with Crippen LogP contribution in [-0.2, 0) is 4.79 Å². The second kappa shape index (κ2) is 7.66. The number of carbonyl (C=O) groups is 1. The number of nitrogens with zero attached hydrogens (tertiary/aromatic N) is 2. The molecule has 1 aromatic carbocycles. The molecule has 2 aromatic heterocycles. The summed E-state index contributed by atoms with van der Waals surface area (Å²) in [4.78, 5) is 16.8. The summed E-state index contributed by atoms with van der Waals surface area (Å²) in [5.41, 5.74) is 3.77. The molecule has 0 aliphatic rings. The Bertz CT molecular complexity index is 962. The summed E-state index contributed by atoms with van der Waals surface area (Å²) in [5, 5.41) is 6.85. The third kappa shape index (κ3) is 3.98. The Morgan fingerprint density at radius 3 is 2.69 bits per heavy atom. The highest BCUT2D eigenvalue weighted by atomic mass is 16.5. The lowest BCUT2D eigenvalue weighted by atomic mass is 9.98. The van der Waals surface area contributed by atoms with E-state index in [-0.39, 0.29) is 11.8 Å². The third-order valence-corrected chi connectivity index (χ3v) is 4.04. The molecule has 3 aromatic rings. The van der Waals surface area contributed by atoms with Crippen LogP contribution >= 0.6 is 0 Å². The number of pyridine rings is 1. The van der Waals surface area contributed by atoms with Crippen molar-refractivity contribution in [3.8, 4) is 11.8 Å². The van der Waals surface area contributed by atoms with Crippen molar-refractivity contribution >= 4 is 11.6 Å². The van der Waals surface area contributed by atoms with Crippen LogP contribution in [0.25, 0.3) is 0 Å². The van der Waals surface area contributed by atoms with E-state index < -0.39 is 0 Å². The highest BCUT2D eigenvalue weighted by Crippen LogP contribution is 2.24. The molecular formula is C21H19N3O2. The van der Waals surface area contributed by atoms with Crippen molar-refractivity contribution in [3.63, 3.8) is 0 Å². The van der Waals surface area contributed by atoms with Gasteiger partial charge in [0.1, 0.15) is 11.5 Å². The fraction of sp³-hybridized carbons (Fsp3) is 0.190. The van der Waals surface area contributed by atoms with Crippen LogP contribution in [0.3, 0.4) is 0 Å². The Labute approximate surface area is 152 Å². The number of hydrogen-bond donors (Lipinski definition) is 1. The summed E-state index contributed by atoms with van der Waals surface area (Å²) in [5.74, 6) is 6.26. The lowest BCUT2D eigenvalue weighted by Gasteiger charge is -2.12. The van der Waals surface area contributed by atoms with E-state index in [4.69, 9.17) is 4.52 Å². The van der Waals surface area contributed by atoms with Crippen LogP contribution in [0.4, 0.5) is 5.69 Å². The van der Waals surface area contributed by atoms with Gasteiger partial charge in [-0.05, 0) is 57.0 Å². The minimum Gasteiger partial charge on any atom is -0.361 e. The van der Waals surface area contributed by atoms with Gasteiger partial charge in [-0.1, -0.05) is 23.2 Å². The van der Waals surface area contributed by atoms with Crippen molar-refractivity contribution < 1.29 is 9.32 Å². The molecule has 0 unspecified atom stereocenters. The van der Waals surface area contributed by atoms with Crippen molar-refractivity contribution in [2.45, 2.75) is 26.7 Å². The Morgan fingerprint density at radius 2 is 2.00 bits per heavy atom. The van der Waals surface area contributed by atoms with E-state index in [9.17, 15) is 4.79 Å². The van der Waals surface area contributed by atoms with E-state index >= 15 is 0 Å². The molecule has 5 nitrogen and oxygen atoms in total. The molecule has 1 atom stereocenters. The Hall–Kier alpha value is -3.39. The average molecular weight is 345 g/mol. The summed E-state index contributed by atoms with van der Waals surface area (Å²) in [6.07, 6.45) is 1.71. The second-order valence-electron chi connectivity index (χ2n) is 5.99. The van der Waals surface area contributed by atoms with Crippen molar-refractivity contribution in [3.05, 3.63) is 76.9 Å². The van der Waals surface area contributed by atoms with E-state index in [2.05, 4.69) is 27.3 Å². The molecule has 0 radical (unpaired) electrons. The number of aryl methyl sites for hydroxylation is 2. The van der Waals surface area contributed by atoms with Gasteiger partial charge in [0, 0.05) is 23.0 Å². The quantitative estimate of drug-likeness (QED) is 0.733. The van der Waals surface area contributed by atoms with Crippen LogP contribution in [0.15, 0.2) is 53.2 Å². The zero-order valence-electron chi connectivity index (χ0n) is 14.9. The van der Waals surface area contributed by atoms with Gasteiger partial charge in [0.25, 0.3) is 0 Å². The number of amides is 1. The van der Waals surface area contributed by atoms with E-state index in [1.165, 1.54) is 0 Å². The number of rotatable bonds is 3. The maximum atomic E-state index is 12.6. The molecule has 0 saturated carbocycles. The van der Waals surface area contributed by atoms with Gasteiger partial charge in [-0.25, -0.2) is 4.98 Å². The molecule has 2 heterocycles. The average Bonchev–Trinajstić information content (AvgIpc) is 2.99. The predicted octanol–water partition coefficient (Wildman–Crippen LogP) is 3.83. The van der Waals surface area contributed by atoms with Gasteiger partial charge in [-0.3, -0.25) is 4.79 Å². The van der Waals surface area contributed by atoms with Crippen LogP contribution in [0.5, 0.6) is 0 Å². The lowest BCUT2D eigenvalue weighted by Crippen LogP contribution is -2.19. The molecule has 26 heavy (non-hydrogen) atoms. The highest BCUT2D eigenvalue weighted by Gasteiger charge is 2.22. The van der Waals surface area contributed by atoms with Crippen LogP contribution < -0.4 is 5.32 Å². The number of nitrogens with one attached hydrogen (secondary N) is 1. The summed E-state index contributed by atoms with van der Waals surface area (Å²) < 4.78 is 5.16. The predicted molar refractivity (Wildman–Crippen MR) is 99.7 cm³/mol. The normalized spacial score (nSPS) is 11.3. The standard InChI is InChI=1S/C21H19N3O2/c1-14(20-15(2)24-26-16(20)3)21(25)23-19-9-6-7-17(13-19)10-11-18-8-4-5-12-22-18/h4-9,12-14H,1-3H3,(H,23,25)/t14-/m0/s1. The maximum absolute atomic E-state index is 12.6. The topological polar surface area (TPSA) is 68.0 Å². The van der Waals surface area contributed by atoms with Crippen molar-refractivity contribution in [2.75, 3.05) is 5.32 Å². The van der Waals surface area contributed by atoms with Gasteiger partial charge in [0.15, 0.2) is 0 Å². The summed E-state index contributed by atoms with van der Waals surface area (Å²) in [7, 11) is 0. The smallest absolute Gasteiger partial charge is 0.231 e. The fourth-order valence-corrected chi connectivity index (χ4v) is 2.74. The molecule has 1 N–H and O–H groups in total. The van der Waals surface area contributed by atoms with Crippen LogP contribution in [0.1, 0.15) is 41.1 Å². The minimum atomic E-state index is -0.357. The molecule has 3 rings (SSSR count). The molecule has 130 valence electrons. The first-order valence-corrected chi connectivity index (χ1v) is 8.31. The molecule has 0 spiro atoms. The zero-order chi connectivity index (χ0) is 18.5. The van der Waals surface area contributed by atoms with Gasteiger partial charge < -0.3 is 9.84 Å². The van der Waals surface area contributed by atoms with Crippen molar-refractivity contribution in [1.29, 1.82) is 0 Å². The van der Waals surface area contributed by atoms with E-state index in [1.54, 1.807) is 6.20 Å². The third-order valence-electron chi connectivity index (χ3n) is 4.04. The van der Waals surface area contributed by atoms with Crippen molar-refractivity contribution in [1.82, 2.24) is 10.1 Å². The van der Waals surface area contributed by atoms with Gasteiger partial charge in [0.2, 0.25) is 5.91 Å². The first-order chi connectivity index (χ1) is 12.5. The molecule has 1 amide bonds. The minimum absolute atomic E-state index is 0.116. The molecular weight excluding hydrogens is 326 g/mol. The molecule has 0 saturated heterocycles. The molecule has 5 heteroatoms. The summed E-state index contributed by atoms with van der Waals surface area (Å²) in [6, 6.07) is 13.0. The first kappa shape index (κ1) is 17.4.